The summed E-state index contributed by atoms with van der Waals surface area (Å²) in [7, 11) is -4.16. The van der Waals surface area contributed by atoms with Gasteiger partial charge in [0, 0.05) is 23.9 Å². The van der Waals surface area contributed by atoms with Gasteiger partial charge in [-0.3, -0.25) is 9.52 Å². The molecule has 1 aliphatic heterocycles. The van der Waals surface area contributed by atoms with E-state index in [9.17, 15) is 22.0 Å². The number of carbonyl (C=O) groups excluding carboxylic acids is 1. The number of hydrogen-bond donors (Lipinski definition) is 2. The lowest BCUT2D eigenvalue weighted by atomic mass is 10.00. The Morgan fingerprint density at radius 2 is 1.74 bits per heavy atom. The SMILES string of the molecule is O=C1NCCc2ccc(NS(=O)(=O)c3cc(F)cc(F)c3)cc21. The second-order valence-electron chi connectivity index (χ2n) is 5.09. The highest BCUT2D eigenvalue weighted by Gasteiger charge is 2.20. The number of sulfonamides is 1. The lowest BCUT2D eigenvalue weighted by Crippen LogP contribution is -2.31. The van der Waals surface area contributed by atoms with Gasteiger partial charge in [0.2, 0.25) is 0 Å². The van der Waals surface area contributed by atoms with E-state index in [1.807, 2.05) is 0 Å². The first-order valence-corrected chi connectivity index (χ1v) is 8.23. The second-order valence-corrected chi connectivity index (χ2v) is 6.77. The van der Waals surface area contributed by atoms with Gasteiger partial charge in [-0.1, -0.05) is 6.07 Å². The minimum atomic E-state index is -4.16. The third-order valence-electron chi connectivity index (χ3n) is 3.43. The van der Waals surface area contributed by atoms with Gasteiger partial charge < -0.3 is 5.32 Å². The molecule has 0 bridgehead atoms. The summed E-state index contributed by atoms with van der Waals surface area (Å²) in [6.07, 6.45) is 0.656. The fraction of sp³-hybridized carbons (Fsp3) is 0.133. The van der Waals surface area contributed by atoms with Gasteiger partial charge in [-0.15, -0.1) is 0 Å². The summed E-state index contributed by atoms with van der Waals surface area (Å²) < 4.78 is 53.0. The normalized spacial score (nSPS) is 14.1. The van der Waals surface area contributed by atoms with Crippen LogP contribution in [0.15, 0.2) is 41.3 Å². The standard InChI is InChI=1S/C15H12F2N2O3S/c16-10-5-11(17)7-13(6-10)23(21,22)19-12-2-1-9-3-4-18-15(20)14(9)8-12/h1-2,5-8,19H,3-4H2,(H,18,20). The first-order valence-electron chi connectivity index (χ1n) is 6.75. The molecule has 2 N–H and O–H groups in total. The Bertz CT molecular complexity index is 877. The minimum Gasteiger partial charge on any atom is -0.352 e. The molecule has 1 heterocycles. The summed E-state index contributed by atoms with van der Waals surface area (Å²) in [5.74, 6) is -2.27. The lowest BCUT2D eigenvalue weighted by molar-refractivity contribution is 0.0946. The fourth-order valence-electron chi connectivity index (χ4n) is 2.37. The molecule has 23 heavy (non-hydrogen) atoms. The van der Waals surface area contributed by atoms with Crippen LogP contribution in [0.3, 0.4) is 0 Å². The van der Waals surface area contributed by atoms with Gasteiger partial charge in [0.25, 0.3) is 15.9 Å². The number of nitrogens with one attached hydrogen (secondary N) is 2. The summed E-state index contributed by atoms with van der Waals surface area (Å²) >= 11 is 0. The molecule has 2 aromatic carbocycles. The number of carbonyl (C=O) groups is 1. The molecule has 0 aliphatic carbocycles. The van der Waals surface area contributed by atoms with Crippen molar-refractivity contribution in [3.63, 3.8) is 0 Å². The average Bonchev–Trinajstić information content (AvgIpc) is 2.47. The van der Waals surface area contributed by atoms with Crippen LogP contribution in [-0.4, -0.2) is 20.9 Å². The van der Waals surface area contributed by atoms with Crippen molar-refractivity contribution >= 4 is 21.6 Å². The molecule has 0 radical (unpaired) electrons. The van der Waals surface area contributed by atoms with Gasteiger partial charge in [-0.05, 0) is 36.2 Å². The number of anilines is 1. The van der Waals surface area contributed by atoms with Gasteiger partial charge in [0.05, 0.1) is 4.90 Å². The molecule has 0 unspecified atom stereocenters. The zero-order valence-corrected chi connectivity index (χ0v) is 12.6. The average molecular weight is 338 g/mol. The predicted molar refractivity (Wildman–Crippen MR) is 79.6 cm³/mol. The van der Waals surface area contributed by atoms with E-state index in [4.69, 9.17) is 0 Å². The van der Waals surface area contributed by atoms with Crippen molar-refractivity contribution in [2.24, 2.45) is 0 Å². The van der Waals surface area contributed by atoms with E-state index < -0.39 is 26.6 Å². The fourth-order valence-corrected chi connectivity index (χ4v) is 3.46. The van der Waals surface area contributed by atoms with Crippen molar-refractivity contribution < 1.29 is 22.0 Å². The third kappa shape index (κ3) is 3.16. The molecule has 3 rings (SSSR count). The summed E-state index contributed by atoms with van der Waals surface area (Å²) in [4.78, 5) is 11.2. The number of benzene rings is 2. The van der Waals surface area contributed by atoms with E-state index in [0.717, 1.165) is 17.7 Å². The number of rotatable bonds is 3. The van der Waals surface area contributed by atoms with Crippen LogP contribution in [-0.2, 0) is 16.4 Å². The van der Waals surface area contributed by atoms with Crippen LogP contribution in [0.25, 0.3) is 0 Å². The van der Waals surface area contributed by atoms with E-state index >= 15 is 0 Å². The Hall–Kier alpha value is -2.48. The molecular formula is C15H12F2N2O3S. The van der Waals surface area contributed by atoms with E-state index in [-0.39, 0.29) is 11.6 Å². The van der Waals surface area contributed by atoms with Crippen molar-refractivity contribution in [1.29, 1.82) is 0 Å². The molecule has 120 valence electrons. The summed E-state index contributed by atoms with van der Waals surface area (Å²) in [5, 5.41) is 2.66. The van der Waals surface area contributed by atoms with E-state index in [1.54, 1.807) is 6.07 Å². The van der Waals surface area contributed by atoms with Gasteiger partial charge in [0.1, 0.15) is 11.6 Å². The molecule has 0 spiro atoms. The predicted octanol–water partition coefficient (Wildman–Crippen LogP) is 2.05. The van der Waals surface area contributed by atoms with Gasteiger partial charge >= 0.3 is 0 Å². The van der Waals surface area contributed by atoms with Crippen LogP contribution < -0.4 is 10.0 Å². The van der Waals surface area contributed by atoms with Crippen molar-refractivity contribution in [2.45, 2.75) is 11.3 Å². The Balaban J connectivity index is 1.95. The highest BCUT2D eigenvalue weighted by Crippen LogP contribution is 2.22. The van der Waals surface area contributed by atoms with Gasteiger partial charge in [-0.25, -0.2) is 17.2 Å². The molecule has 0 saturated carbocycles. The summed E-state index contributed by atoms with van der Waals surface area (Å²) in [5.41, 5.74) is 1.33. The van der Waals surface area contributed by atoms with E-state index in [0.29, 0.717) is 24.6 Å². The zero-order valence-electron chi connectivity index (χ0n) is 11.8. The topological polar surface area (TPSA) is 75.3 Å². The summed E-state index contributed by atoms with van der Waals surface area (Å²) in [6.45, 7) is 0.527. The second kappa shape index (κ2) is 5.62. The molecule has 8 heteroatoms. The number of halogens is 2. The minimum absolute atomic E-state index is 0.144. The molecule has 1 amide bonds. The van der Waals surface area contributed by atoms with Crippen LogP contribution in [0.1, 0.15) is 15.9 Å². The number of fused-ring (bicyclic) bond motifs is 1. The summed E-state index contributed by atoms with van der Waals surface area (Å²) in [6, 6.07) is 6.58. The molecule has 5 nitrogen and oxygen atoms in total. The molecule has 0 saturated heterocycles. The molecular weight excluding hydrogens is 326 g/mol. The van der Waals surface area contributed by atoms with E-state index in [2.05, 4.69) is 10.0 Å². The van der Waals surface area contributed by atoms with Crippen molar-refractivity contribution in [1.82, 2.24) is 5.32 Å². The zero-order chi connectivity index (χ0) is 16.6. The van der Waals surface area contributed by atoms with Crippen LogP contribution in [0, 0.1) is 11.6 Å². The van der Waals surface area contributed by atoms with Crippen molar-refractivity contribution in [3.05, 3.63) is 59.2 Å². The van der Waals surface area contributed by atoms with Gasteiger partial charge in [-0.2, -0.15) is 0 Å². The molecule has 2 aromatic rings. The highest BCUT2D eigenvalue weighted by atomic mass is 32.2. The maximum absolute atomic E-state index is 13.2. The van der Waals surface area contributed by atoms with Crippen LogP contribution in [0.4, 0.5) is 14.5 Å². The van der Waals surface area contributed by atoms with Gasteiger partial charge in [0.15, 0.2) is 0 Å². The molecule has 0 atom stereocenters. The van der Waals surface area contributed by atoms with Crippen molar-refractivity contribution in [2.75, 3.05) is 11.3 Å². The molecule has 1 aliphatic rings. The Morgan fingerprint density at radius 1 is 1.04 bits per heavy atom. The van der Waals surface area contributed by atoms with E-state index in [1.165, 1.54) is 12.1 Å². The third-order valence-corrected chi connectivity index (χ3v) is 4.79. The Kier molecular flexibility index (Phi) is 3.77. The first-order chi connectivity index (χ1) is 10.8. The first kappa shape index (κ1) is 15.4. The Morgan fingerprint density at radius 3 is 2.43 bits per heavy atom. The maximum Gasteiger partial charge on any atom is 0.262 e. The van der Waals surface area contributed by atoms with Crippen LogP contribution in [0.5, 0.6) is 0 Å². The lowest BCUT2D eigenvalue weighted by Gasteiger charge is -2.17. The van der Waals surface area contributed by atoms with Crippen LogP contribution >= 0.6 is 0 Å². The smallest absolute Gasteiger partial charge is 0.262 e. The Labute approximate surface area is 131 Å². The number of amides is 1. The molecule has 0 aromatic heterocycles. The highest BCUT2D eigenvalue weighted by molar-refractivity contribution is 7.92. The maximum atomic E-state index is 13.2. The largest absolute Gasteiger partial charge is 0.352 e. The van der Waals surface area contributed by atoms with Crippen LogP contribution in [0.2, 0.25) is 0 Å². The molecule has 0 fully saturated rings. The van der Waals surface area contributed by atoms with Crippen molar-refractivity contribution in [3.8, 4) is 0 Å². The number of hydrogen-bond acceptors (Lipinski definition) is 3. The monoisotopic (exact) mass is 338 g/mol. The quantitative estimate of drug-likeness (QED) is 0.899.